The number of esters is 2. The maximum Gasteiger partial charge on any atom is 0.355 e. The van der Waals surface area contributed by atoms with Crippen molar-refractivity contribution >= 4 is 41.2 Å². The molecule has 2 aliphatic rings. The molecule has 1 fully saturated rings. The first-order valence-corrected chi connectivity index (χ1v) is 12.5. The molecule has 196 valence electrons. The molecule has 3 rings (SSSR count). The molecule has 2 aliphatic heterocycles. The Bertz CT molecular complexity index is 1030. The highest BCUT2D eigenvalue weighted by Gasteiger charge is 2.54. The molecule has 0 aromatic carbocycles. The SMILES string of the molecule is CCN(CC)CCOC(=O)C1=C(COC(C)=O)CS[C@@H]2[C@H](NC(=O)/C(=N\OC)c3ccco3)C(=O)N12. The molecule has 0 aliphatic carbocycles. The second-order valence-electron chi connectivity index (χ2n) is 7.86. The summed E-state index contributed by atoms with van der Waals surface area (Å²) in [7, 11) is 1.29. The number of amides is 2. The van der Waals surface area contributed by atoms with Crippen LogP contribution in [0.25, 0.3) is 0 Å². The number of carbonyl (C=O) groups excluding carboxylic acids is 4. The van der Waals surface area contributed by atoms with Crippen molar-refractivity contribution < 1.29 is 37.9 Å². The van der Waals surface area contributed by atoms with Gasteiger partial charge in [-0.1, -0.05) is 19.0 Å². The monoisotopic (exact) mass is 522 g/mol. The maximum atomic E-state index is 13.1. The first-order valence-electron chi connectivity index (χ1n) is 11.5. The van der Waals surface area contributed by atoms with Gasteiger partial charge in [0.25, 0.3) is 11.8 Å². The number of carbonyl (C=O) groups is 4. The van der Waals surface area contributed by atoms with Crippen molar-refractivity contribution in [1.82, 2.24) is 15.1 Å². The molecular formula is C23H30N4O8S. The molecule has 1 aromatic heterocycles. The van der Waals surface area contributed by atoms with Gasteiger partial charge < -0.3 is 28.9 Å². The van der Waals surface area contributed by atoms with E-state index < -0.39 is 35.2 Å². The van der Waals surface area contributed by atoms with Crippen molar-refractivity contribution in [2.45, 2.75) is 32.2 Å². The molecule has 2 atom stereocenters. The molecule has 0 unspecified atom stereocenters. The van der Waals surface area contributed by atoms with Gasteiger partial charge in [0.15, 0.2) is 5.76 Å². The Labute approximate surface area is 212 Å². The molecule has 0 bridgehead atoms. The first kappa shape index (κ1) is 27.3. The molecule has 12 nitrogen and oxygen atoms in total. The van der Waals surface area contributed by atoms with Crippen LogP contribution in [-0.2, 0) is 33.5 Å². The minimum Gasteiger partial charge on any atom is -0.462 e. The van der Waals surface area contributed by atoms with Crippen LogP contribution < -0.4 is 5.32 Å². The van der Waals surface area contributed by atoms with Crippen LogP contribution in [0.1, 0.15) is 26.5 Å². The number of nitrogens with zero attached hydrogens (tertiary/aromatic N) is 3. The van der Waals surface area contributed by atoms with Crippen LogP contribution in [0.4, 0.5) is 0 Å². The van der Waals surface area contributed by atoms with Crippen molar-refractivity contribution in [3.8, 4) is 0 Å². The Morgan fingerprint density at radius 3 is 2.64 bits per heavy atom. The molecule has 1 saturated heterocycles. The number of fused-ring (bicyclic) bond motifs is 1. The van der Waals surface area contributed by atoms with Gasteiger partial charge in [0.1, 0.15) is 37.4 Å². The van der Waals surface area contributed by atoms with Gasteiger partial charge >= 0.3 is 11.9 Å². The minimum atomic E-state index is -0.909. The van der Waals surface area contributed by atoms with Gasteiger partial charge in [0, 0.05) is 24.8 Å². The van der Waals surface area contributed by atoms with Crippen molar-refractivity contribution in [1.29, 1.82) is 0 Å². The summed E-state index contributed by atoms with van der Waals surface area (Å²) in [6.07, 6.45) is 1.38. The van der Waals surface area contributed by atoms with E-state index in [2.05, 4.69) is 15.4 Å². The van der Waals surface area contributed by atoms with Crippen LogP contribution in [0.3, 0.4) is 0 Å². The average Bonchev–Trinajstić information content (AvgIpc) is 3.40. The number of β-lactam (4-membered cyclic amide) rings is 1. The van der Waals surface area contributed by atoms with E-state index in [9.17, 15) is 19.2 Å². The van der Waals surface area contributed by atoms with Crippen LogP contribution in [0, 0.1) is 0 Å². The summed E-state index contributed by atoms with van der Waals surface area (Å²) >= 11 is 1.34. The van der Waals surface area contributed by atoms with Gasteiger partial charge in [-0.3, -0.25) is 19.3 Å². The van der Waals surface area contributed by atoms with Gasteiger partial charge in [-0.2, -0.15) is 0 Å². The lowest BCUT2D eigenvalue weighted by molar-refractivity contribution is -0.153. The Hall–Kier alpha value is -3.32. The molecule has 2 amide bonds. The lowest BCUT2D eigenvalue weighted by Gasteiger charge is -2.49. The summed E-state index contributed by atoms with van der Waals surface area (Å²) in [5, 5.41) is 5.81. The van der Waals surface area contributed by atoms with E-state index >= 15 is 0 Å². The van der Waals surface area contributed by atoms with Crippen molar-refractivity contribution in [2.75, 3.05) is 45.7 Å². The molecule has 13 heteroatoms. The first-order chi connectivity index (χ1) is 17.3. The third-order valence-corrected chi connectivity index (χ3v) is 7.00. The van der Waals surface area contributed by atoms with Crippen LogP contribution in [0.15, 0.2) is 39.2 Å². The van der Waals surface area contributed by atoms with Gasteiger partial charge in [-0.25, -0.2) is 4.79 Å². The Morgan fingerprint density at radius 2 is 2.03 bits per heavy atom. The average molecular weight is 523 g/mol. The molecule has 0 radical (unpaired) electrons. The van der Waals surface area contributed by atoms with E-state index in [4.69, 9.17) is 18.7 Å². The summed E-state index contributed by atoms with van der Waals surface area (Å²) < 4.78 is 15.8. The van der Waals surface area contributed by atoms with Crippen LogP contribution in [0.5, 0.6) is 0 Å². The third-order valence-electron chi connectivity index (χ3n) is 5.66. The summed E-state index contributed by atoms with van der Waals surface area (Å²) in [5.74, 6) is -1.85. The van der Waals surface area contributed by atoms with Crippen molar-refractivity contribution in [2.24, 2.45) is 5.16 Å². The fraction of sp³-hybridized carbons (Fsp3) is 0.522. The predicted octanol–water partition coefficient (Wildman–Crippen LogP) is 0.732. The lowest BCUT2D eigenvalue weighted by Crippen LogP contribution is -2.71. The third kappa shape index (κ3) is 6.08. The number of hydrogen-bond acceptors (Lipinski definition) is 11. The fourth-order valence-electron chi connectivity index (χ4n) is 3.76. The molecule has 0 saturated carbocycles. The van der Waals surface area contributed by atoms with Gasteiger partial charge in [-0.05, 0) is 25.2 Å². The van der Waals surface area contributed by atoms with Crippen molar-refractivity contribution in [3.05, 3.63) is 35.4 Å². The summed E-state index contributed by atoms with van der Waals surface area (Å²) in [6, 6.07) is 2.22. The molecule has 1 N–H and O–H groups in total. The molecular weight excluding hydrogens is 492 g/mol. The van der Waals surface area contributed by atoms with E-state index in [0.717, 1.165) is 13.1 Å². The van der Waals surface area contributed by atoms with E-state index in [1.807, 2.05) is 13.8 Å². The van der Waals surface area contributed by atoms with E-state index in [-0.39, 0.29) is 30.4 Å². The summed E-state index contributed by atoms with van der Waals surface area (Å²) in [4.78, 5) is 58.5. The number of thioether (sulfide) groups is 1. The van der Waals surface area contributed by atoms with E-state index in [1.54, 1.807) is 6.07 Å². The second kappa shape index (κ2) is 12.6. The number of rotatable bonds is 12. The lowest BCUT2D eigenvalue weighted by atomic mass is 10.0. The van der Waals surface area contributed by atoms with E-state index in [1.165, 1.54) is 43.0 Å². The number of nitrogens with one attached hydrogen (secondary N) is 1. The van der Waals surface area contributed by atoms with Crippen molar-refractivity contribution in [3.63, 3.8) is 0 Å². The van der Waals surface area contributed by atoms with Gasteiger partial charge in [0.2, 0.25) is 5.71 Å². The highest BCUT2D eigenvalue weighted by molar-refractivity contribution is 8.00. The van der Waals surface area contributed by atoms with E-state index in [0.29, 0.717) is 17.9 Å². The number of likely N-dealkylation sites (N-methyl/N-ethyl adjacent to an activating group) is 1. The summed E-state index contributed by atoms with van der Waals surface area (Å²) in [6.45, 7) is 7.46. The van der Waals surface area contributed by atoms with Crippen LogP contribution in [-0.4, -0.2) is 96.4 Å². The van der Waals surface area contributed by atoms with Crippen LogP contribution in [0.2, 0.25) is 0 Å². The van der Waals surface area contributed by atoms with Gasteiger partial charge in [-0.15, -0.1) is 11.8 Å². The Kier molecular flexibility index (Phi) is 9.53. The topological polar surface area (TPSA) is 140 Å². The summed E-state index contributed by atoms with van der Waals surface area (Å²) in [5.41, 5.74) is 0.387. The molecule has 3 heterocycles. The predicted molar refractivity (Wildman–Crippen MR) is 130 cm³/mol. The number of ether oxygens (including phenoxy) is 2. The van der Waals surface area contributed by atoms with Crippen LogP contribution >= 0.6 is 11.8 Å². The number of hydrogen-bond donors (Lipinski definition) is 1. The fourth-order valence-corrected chi connectivity index (χ4v) is 5.09. The molecule has 1 aromatic rings. The zero-order valence-electron chi connectivity index (χ0n) is 20.6. The largest absolute Gasteiger partial charge is 0.462 e. The molecule has 0 spiro atoms. The smallest absolute Gasteiger partial charge is 0.355 e. The quantitative estimate of drug-likeness (QED) is 0.181. The normalized spacial score (nSPS) is 19.5. The molecule has 36 heavy (non-hydrogen) atoms. The highest BCUT2D eigenvalue weighted by Crippen LogP contribution is 2.40. The Morgan fingerprint density at radius 1 is 1.28 bits per heavy atom. The minimum absolute atomic E-state index is 0.0480. The standard InChI is InChI=1S/C23H30N4O8S/c1-5-26(6-2)9-11-34-23(31)19-15(12-35-14(3)28)13-36-22-18(21(30)27(19)22)24-20(29)17(25-32-4)16-8-7-10-33-16/h7-8,10,18,22H,5-6,9,11-13H2,1-4H3,(H,24,29)/b25-17-/t18-,22-/m1/s1. The zero-order chi connectivity index (χ0) is 26.2. The number of oxime groups is 1. The second-order valence-corrected chi connectivity index (χ2v) is 8.96. The maximum absolute atomic E-state index is 13.1. The Balaban J connectivity index is 1.75. The number of furan rings is 1. The van der Waals surface area contributed by atoms with Gasteiger partial charge in [0.05, 0.1) is 6.26 Å². The highest BCUT2D eigenvalue weighted by atomic mass is 32.2. The zero-order valence-corrected chi connectivity index (χ0v) is 21.5.